The van der Waals surface area contributed by atoms with E-state index < -0.39 is 18.5 Å². The van der Waals surface area contributed by atoms with Crippen molar-refractivity contribution in [2.75, 3.05) is 27.6 Å². The molecule has 7 nitrogen and oxygen atoms in total. The van der Waals surface area contributed by atoms with Crippen molar-refractivity contribution in [2.45, 2.75) is 24.6 Å². The third kappa shape index (κ3) is 3.59. The Labute approximate surface area is 180 Å². The van der Waals surface area contributed by atoms with Gasteiger partial charge in [-0.1, -0.05) is 36.4 Å². The molecule has 0 amide bonds. The number of hydrogen-bond acceptors (Lipinski definition) is 7. The quantitative estimate of drug-likeness (QED) is 0.673. The van der Waals surface area contributed by atoms with Crippen LogP contribution in [0, 0.1) is 0 Å². The van der Waals surface area contributed by atoms with Gasteiger partial charge in [0.2, 0.25) is 13.1 Å². The van der Waals surface area contributed by atoms with Crippen LogP contribution >= 0.6 is 0 Å². The lowest BCUT2D eigenvalue weighted by Gasteiger charge is -2.38. The maximum Gasteiger partial charge on any atom is 0.231 e. The fraction of sp³-hybridized carbons (Fsp3) is 0.333. The van der Waals surface area contributed by atoms with Crippen LogP contribution in [0.25, 0.3) is 21.9 Å². The first-order chi connectivity index (χ1) is 15.2. The van der Waals surface area contributed by atoms with Gasteiger partial charge in [0.05, 0.1) is 6.61 Å². The number of methoxy groups -OCH3 is 2. The van der Waals surface area contributed by atoms with Gasteiger partial charge in [-0.15, -0.1) is 0 Å². The predicted octanol–water partition coefficient (Wildman–Crippen LogP) is 3.36. The minimum Gasteiger partial charge on any atom is -0.461 e. The molecule has 1 saturated heterocycles. The Morgan fingerprint density at radius 2 is 1.71 bits per heavy atom. The summed E-state index contributed by atoms with van der Waals surface area (Å²) in [5.41, 5.74) is 2.06. The van der Waals surface area contributed by atoms with Gasteiger partial charge in [-0.25, -0.2) is 0 Å². The van der Waals surface area contributed by atoms with Gasteiger partial charge in [-0.3, -0.25) is 0 Å². The summed E-state index contributed by atoms with van der Waals surface area (Å²) in [6.45, 7) is 0.506. The highest BCUT2D eigenvalue weighted by atomic mass is 16.7. The van der Waals surface area contributed by atoms with E-state index in [0.29, 0.717) is 5.75 Å². The summed E-state index contributed by atoms with van der Waals surface area (Å²) in [6, 6.07) is 17.8. The Morgan fingerprint density at radius 3 is 2.52 bits per heavy atom. The average molecular weight is 424 g/mol. The molecule has 3 aromatic rings. The zero-order chi connectivity index (χ0) is 21.4. The summed E-state index contributed by atoms with van der Waals surface area (Å²) in [5, 5.41) is 12.6. The molecular formula is C24H24O7. The summed E-state index contributed by atoms with van der Waals surface area (Å²) >= 11 is 0. The van der Waals surface area contributed by atoms with E-state index in [4.69, 9.17) is 28.4 Å². The minimum atomic E-state index is -0.990. The number of ether oxygens (including phenoxy) is 6. The molecule has 0 saturated carbocycles. The van der Waals surface area contributed by atoms with Crippen LogP contribution in [-0.2, 0) is 14.2 Å². The highest BCUT2D eigenvalue weighted by Crippen LogP contribution is 2.40. The zero-order valence-electron chi connectivity index (χ0n) is 17.3. The van der Waals surface area contributed by atoms with Gasteiger partial charge < -0.3 is 33.5 Å². The maximum atomic E-state index is 10.7. The Bertz CT molecular complexity index is 1080. The molecule has 4 atom stereocenters. The Morgan fingerprint density at radius 1 is 0.903 bits per heavy atom. The van der Waals surface area contributed by atoms with Gasteiger partial charge in [0.15, 0.2) is 11.5 Å². The van der Waals surface area contributed by atoms with E-state index in [1.54, 1.807) is 7.11 Å². The van der Waals surface area contributed by atoms with E-state index in [-0.39, 0.29) is 19.5 Å². The molecule has 31 heavy (non-hydrogen) atoms. The van der Waals surface area contributed by atoms with Gasteiger partial charge in [-0.05, 0) is 34.7 Å². The molecule has 2 heterocycles. The van der Waals surface area contributed by atoms with Crippen molar-refractivity contribution >= 4 is 10.8 Å². The second kappa shape index (κ2) is 8.36. The molecule has 7 heteroatoms. The van der Waals surface area contributed by atoms with Crippen molar-refractivity contribution in [1.29, 1.82) is 0 Å². The van der Waals surface area contributed by atoms with Crippen LogP contribution < -0.4 is 14.2 Å². The largest absolute Gasteiger partial charge is 0.461 e. The van der Waals surface area contributed by atoms with Crippen molar-refractivity contribution < 1.29 is 33.5 Å². The number of hydrogen-bond donors (Lipinski definition) is 1. The van der Waals surface area contributed by atoms with E-state index in [9.17, 15) is 5.11 Å². The molecule has 2 aliphatic heterocycles. The number of aliphatic hydroxyl groups is 1. The SMILES string of the molecule is COC1COC(Oc2ccc(-c3ccc4c(c3)OCO4)c3ccccc23)C(O)C1OC. The van der Waals surface area contributed by atoms with Gasteiger partial charge in [0, 0.05) is 19.6 Å². The van der Waals surface area contributed by atoms with Crippen molar-refractivity contribution in [1.82, 2.24) is 0 Å². The molecule has 0 aromatic heterocycles. The Hall–Kier alpha value is -2.84. The van der Waals surface area contributed by atoms with E-state index in [2.05, 4.69) is 0 Å². The zero-order valence-corrected chi connectivity index (χ0v) is 17.3. The molecule has 0 aliphatic carbocycles. The first-order valence-electron chi connectivity index (χ1n) is 10.1. The lowest BCUT2D eigenvalue weighted by molar-refractivity contribution is -0.251. The second-order valence-corrected chi connectivity index (χ2v) is 7.51. The molecule has 0 bridgehead atoms. The lowest BCUT2D eigenvalue weighted by atomic mass is 9.97. The number of benzene rings is 3. The van der Waals surface area contributed by atoms with Crippen LogP contribution in [0.3, 0.4) is 0 Å². The smallest absolute Gasteiger partial charge is 0.231 e. The topological polar surface area (TPSA) is 75.6 Å². The molecular weight excluding hydrogens is 400 g/mol. The summed E-state index contributed by atoms with van der Waals surface area (Å²) in [5.74, 6) is 2.10. The van der Waals surface area contributed by atoms with E-state index in [1.165, 1.54) is 7.11 Å². The van der Waals surface area contributed by atoms with Gasteiger partial charge in [0.1, 0.15) is 24.1 Å². The average Bonchev–Trinajstić information content (AvgIpc) is 3.28. The molecule has 3 aromatic carbocycles. The van der Waals surface area contributed by atoms with Crippen molar-refractivity contribution in [3.8, 4) is 28.4 Å². The summed E-state index contributed by atoms with van der Waals surface area (Å²) in [6.07, 6.45) is -2.75. The monoisotopic (exact) mass is 424 g/mol. The van der Waals surface area contributed by atoms with Crippen molar-refractivity contribution in [2.24, 2.45) is 0 Å². The molecule has 2 aliphatic rings. The Kier molecular flexibility index (Phi) is 5.41. The van der Waals surface area contributed by atoms with Crippen LogP contribution in [0.4, 0.5) is 0 Å². The summed E-state index contributed by atoms with van der Waals surface area (Å²) in [4.78, 5) is 0. The van der Waals surface area contributed by atoms with Crippen molar-refractivity contribution in [3.63, 3.8) is 0 Å². The Balaban J connectivity index is 1.48. The molecule has 5 rings (SSSR count). The van der Waals surface area contributed by atoms with E-state index in [0.717, 1.165) is 33.4 Å². The first kappa shape index (κ1) is 20.1. The van der Waals surface area contributed by atoms with Crippen LogP contribution in [0.15, 0.2) is 54.6 Å². The normalized spacial score (nSPS) is 25.0. The third-order valence-corrected chi connectivity index (χ3v) is 5.79. The van der Waals surface area contributed by atoms with Crippen molar-refractivity contribution in [3.05, 3.63) is 54.6 Å². The van der Waals surface area contributed by atoms with Crippen LogP contribution in [-0.4, -0.2) is 57.3 Å². The molecule has 1 N–H and O–H groups in total. The maximum absolute atomic E-state index is 10.7. The summed E-state index contributed by atoms with van der Waals surface area (Å²) in [7, 11) is 3.11. The first-order valence-corrected chi connectivity index (χ1v) is 10.1. The molecule has 4 unspecified atom stereocenters. The van der Waals surface area contributed by atoms with E-state index in [1.807, 2.05) is 54.6 Å². The second-order valence-electron chi connectivity index (χ2n) is 7.51. The number of fused-ring (bicyclic) bond motifs is 2. The van der Waals surface area contributed by atoms with Crippen LogP contribution in [0.1, 0.15) is 0 Å². The highest BCUT2D eigenvalue weighted by Gasteiger charge is 2.41. The fourth-order valence-corrected chi connectivity index (χ4v) is 4.17. The van der Waals surface area contributed by atoms with E-state index >= 15 is 0 Å². The third-order valence-electron chi connectivity index (χ3n) is 5.79. The highest BCUT2D eigenvalue weighted by molar-refractivity contribution is 6.00. The molecule has 1 fully saturated rings. The van der Waals surface area contributed by atoms with Crippen LogP contribution in [0.5, 0.6) is 17.2 Å². The summed E-state index contributed by atoms with van der Waals surface area (Å²) < 4.78 is 33.6. The lowest BCUT2D eigenvalue weighted by Crippen LogP contribution is -2.56. The predicted molar refractivity (Wildman–Crippen MR) is 113 cm³/mol. The van der Waals surface area contributed by atoms with Gasteiger partial charge >= 0.3 is 0 Å². The minimum absolute atomic E-state index is 0.239. The van der Waals surface area contributed by atoms with Crippen LogP contribution in [0.2, 0.25) is 0 Å². The molecule has 0 radical (unpaired) electrons. The standard InChI is InChI=1S/C24H24O7/c1-26-21-12-28-24(22(25)23(21)27-2)31-18-10-8-15(16-5-3-4-6-17(16)18)14-7-9-19-20(11-14)30-13-29-19/h3-11,21-25H,12-13H2,1-2H3. The number of aliphatic hydroxyl groups excluding tert-OH is 1. The fourth-order valence-electron chi connectivity index (χ4n) is 4.17. The van der Waals surface area contributed by atoms with Gasteiger partial charge in [-0.2, -0.15) is 0 Å². The molecule has 162 valence electrons. The number of rotatable bonds is 5. The molecule has 0 spiro atoms. The van der Waals surface area contributed by atoms with Gasteiger partial charge in [0.25, 0.3) is 0 Å².